The lowest BCUT2D eigenvalue weighted by Gasteiger charge is -2.16. The van der Waals surface area contributed by atoms with E-state index in [2.05, 4.69) is 0 Å². The molecular weight excluding hydrogens is 212 g/mol. The van der Waals surface area contributed by atoms with Gasteiger partial charge in [0, 0.05) is 27.3 Å². The van der Waals surface area contributed by atoms with E-state index >= 15 is 0 Å². The highest BCUT2D eigenvalue weighted by Crippen LogP contribution is 2.20. The zero-order valence-electron chi connectivity index (χ0n) is 9.03. The van der Waals surface area contributed by atoms with E-state index in [0.717, 1.165) is 6.42 Å². The number of rotatable bonds is 5. The van der Waals surface area contributed by atoms with Gasteiger partial charge in [0.25, 0.3) is 5.91 Å². The molecular formula is C10H16N2O2S. The number of carbonyl (C=O) groups is 1. The molecule has 1 aromatic rings. The molecule has 0 radical (unpaired) electrons. The van der Waals surface area contributed by atoms with Crippen LogP contribution in [0.1, 0.15) is 16.1 Å². The van der Waals surface area contributed by atoms with Crippen molar-refractivity contribution in [3.63, 3.8) is 0 Å². The Morgan fingerprint density at radius 2 is 2.40 bits per heavy atom. The zero-order valence-corrected chi connectivity index (χ0v) is 9.84. The van der Waals surface area contributed by atoms with Gasteiger partial charge in [-0.05, 0) is 17.9 Å². The molecule has 0 aliphatic rings. The monoisotopic (exact) mass is 228 g/mol. The molecule has 0 fully saturated rings. The first kappa shape index (κ1) is 12.0. The normalized spacial score (nSPS) is 10.3. The van der Waals surface area contributed by atoms with Crippen molar-refractivity contribution < 1.29 is 9.53 Å². The number of hydrogen-bond acceptors (Lipinski definition) is 4. The summed E-state index contributed by atoms with van der Waals surface area (Å²) in [5.74, 6) is -0.0152. The van der Waals surface area contributed by atoms with E-state index in [0.29, 0.717) is 23.7 Å². The predicted octanol–water partition coefficient (Wildman–Crippen LogP) is 1.44. The molecule has 0 saturated heterocycles. The van der Waals surface area contributed by atoms with Crippen molar-refractivity contribution in [3.05, 3.63) is 16.3 Å². The third-order valence-electron chi connectivity index (χ3n) is 2.08. The van der Waals surface area contributed by atoms with Crippen molar-refractivity contribution in [1.82, 2.24) is 4.90 Å². The second-order valence-electron chi connectivity index (χ2n) is 3.28. The molecule has 0 bridgehead atoms. The minimum atomic E-state index is -0.0152. The fraction of sp³-hybridized carbons (Fsp3) is 0.500. The molecule has 1 aromatic heterocycles. The quantitative estimate of drug-likeness (QED) is 0.776. The summed E-state index contributed by atoms with van der Waals surface area (Å²) < 4.78 is 4.93. The van der Waals surface area contributed by atoms with Crippen molar-refractivity contribution in [1.29, 1.82) is 0 Å². The summed E-state index contributed by atoms with van der Waals surface area (Å²) in [5.41, 5.74) is 6.23. The highest BCUT2D eigenvalue weighted by Gasteiger charge is 2.15. The first-order valence-electron chi connectivity index (χ1n) is 4.74. The maximum Gasteiger partial charge on any atom is 0.265 e. The average molecular weight is 228 g/mol. The fourth-order valence-electron chi connectivity index (χ4n) is 1.21. The van der Waals surface area contributed by atoms with Crippen LogP contribution in [0.4, 0.5) is 5.69 Å². The van der Waals surface area contributed by atoms with E-state index in [4.69, 9.17) is 10.5 Å². The van der Waals surface area contributed by atoms with Gasteiger partial charge in [0.15, 0.2) is 0 Å². The molecule has 84 valence electrons. The van der Waals surface area contributed by atoms with Gasteiger partial charge in [-0.3, -0.25) is 4.79 Å². The Bertz CT molecular complexity index is 325. The van der Waals surface area contributed by atoms with Gasteiger partial charge < -0.3 is 15.4 Å². The standard InChI is InChI=1S/C10H16N2O2S/c1-12(5-3-6-14-2)10(13)9-8(11)4-7-15-9/h4,7H,3,5-6,11H2,1-2H3. The highest BCUT2D eigenvalue weighted by atomic mass is 32.1. The van der Waals surface area contributed by atoms with E-state index in [-0.39, 0.29) is 5.91 Å². The Labute approximate surface area is 93.6 Å². The first-order chi connectivity index (χ1) is 7.16. The summed E-state index contributed by atoms with van der Waals surface area (Å²) in [5, 5.41) is 1.82. The summed E-state index contributed by atoms with van der Waals surface area (Å²) in [6.07, 6.45) is 0.837. The van der Waals surface area contributed by atoms with Crippen molar-refractivity contribution in [3.8, 4) is 0 Å². The molecule has 5 heteroatoms. The number of nitrogens with zero attached hydrogens (tertiary/aromatic N) is 1. The minimum absolute atomic E-state index is 0.0152. The molecule has 4 nitrogen and oxygen atoms in total. The predicted molar refractivity (Wildman–Crippen MR) is 62.2 cm³/mol. The molecule has 1 heterocycles. The number of nitrogens with two attached hydrogens (primary N) is 1. The second kappa shape index (κ2) is 5.72. The molecule has 15 heavy (non-hydrogen) atoms. The van der Waals surface area contributed by atoms with E-state index in [1.54, 1.807) is 25.1 Å². The molecule has 0 unspecified atom stereocenters. The van der Waals surface area contributed by atoms with Crippen LogP contribution in [0.25, 0.3) is 0 Å². The van der Waals surface area contributed by atoms with Crippen LogP contribution >= 0.6 is 11.3 Å². The van der Waals surface area contributed by atoms with Gasteiger partial charge in [-0.2, -0.15) is 0 Å². The summed E-state index contributed by atoms with van der Waals surface area (Å²) >= 11 is 1.38. The van der Waals surface area contributed by atoms with Crippen LogP contribution in [0.3, 0.4) is 0 Å². The number of hydrogen-bond donors (Lipinski definition) is 1. The summed E-state index contributed by atoms with van der Waals surface area (Å²) in [6, 6.07) is 1.75. The summed E-state index contributed by atoms with van der Waals surface area (Å²) in [7, 11) is 3.43. The molecule has 0 aromatic carbocycles. The molecule has 0 atom stereocenters. The minimum Gasteiger partial charge on any atom is -0.397 e. The van der Waals surface area contributed by atoms with Gasteiger partial charge >= 0.3 is 0 Å². The maximum absolute atomic E-state index is 11.8. The highest BCUT2D eigenvalue weighted by molar-refractivity contribution is 7.12. The Kier molecular flexibility index (Phi) is 4.58. The van der Waals surface area contributed by atoms with Crippen molar-refractivity contribution in [2.24, 2.45) is 0 Å². The Balaban J connectivity index is 2.50. The molecule has 0 aliphatic carbocycles. The Morgan fingerprint density at radius 1 is 1.67 bits per heavy atom. The molecule has 2 N–H and O–H groups in total. The van der Waals surface area contributed by atoms with Gasteiger partial charge in [0.2, 0.25) is 0 Å². The number of nitrogen functional groups attached to an aromatic ring is 1. The number of amides is 1. The SMILES string of the molecule is COCCCN(C)C(=O)c1sccc1N. The smallest absolute Gasteiger partial charge is 0.265 e. The molecule has 0 aliphatic heterocycles. The van der Waals surface area contributed by atoms with Crippen LogP contribution in [0.15, 0.2) is 11.4 Å². The zero-order chi connectivity index (χ0) is 11.3. The third kappa shape index (κ3) is 3.21. The lowest BCUT2D eigenvalue weighted by Crippen LogP contribution is -2.28. The van der Waals surface area contributed by atoms with Gasteiger partial charge in [0.1, 0.15) is 4.88 Å². The number of methoxy groups -OCH3 is 1. The first-order valence-corrected chi connectivity index (χ1v) is 5.62. The van der Waals surface area contributed by atoms with Crippen molar-refractivity contribution in [2.45, 2.75) is 6.42 Å². The number of carbonyl (C=O) groups excluding carboxylic acids is 1. The van der Waals surface area contributed by atoms with E-state index in [9.17, 15) is 4.79 Å². The van der Waals surface area contributed by atoms with Crippen molar-refractivity contribution in [2.75, 3.05) is 33.0 Å². The number of thiophene rings is 1. The summed E-state index contributed by atoms with van der Waals surface area (Å²) in [4.78, 5) is 14.1. The second-order valence-corrected chi connectivity index (χ2v) is 4.19. The molecule has 0 saturated carbocycles. The van der Waals surface area contributed by atoms with Crippen LogP contribution in [0.5, 0.6) is 0 Å². The van der Waals surface area contributed by atoms with Crippen LogP contribution in [0, 0.1) is 0 Å². The Morgan fingerprint density at radius 3 is 2.93 bits per heavy atom. The third-order valence-corrected chi connectivity index (χ3v) is 3.00. The molecule has 0 spiro atoms. The van der Waals surface area contributed by atoms with Crippen LogP contribution in [-0.4, -0.2) is 38.1 Å². The number of ether oxygens (including phenoxy) is 1. The largest absolute Gasteiger partial charge is 0.397 e. The van der Waals surface area contributed by atoms with Gasteiger partial charge in [-0.15, -0.1) is 11.3 Å². The average Bonchev–Trinajstić information content (AvgIpc) is 2.63. The van der Waals surface area contributed by atoms with Crippen LogP contribution in [0.2, 0.25) is 0 Å². The molecule has 1 rings (SSSR count). The summed E-state index contributed by atoms with van der Waals surface area (Å²) in [6.45, 7) is 1.35. The lowest BCUT2D eigenvalue weighted by atomic mass is 10.3. The van der Waals surface area contributed by atoms with E-state index in [1.807, 2.05) is 5.38 Å². The van der Waals surface area contributed by atoms with Crippen molar-refractivity contribution >= 4 is 22.9 Å². The van der Waals surface area contributed by atoms with E-state index < -0.39 is 0 Å². The Hall–Kier alpha value is -1.07. The molecule has 1 amide bonds. The van der Waals surface area contributed by atoms with Gasteiger partial charge in [-0.1, -0.05) is 0 Å². The van der Waals surface area contributed by atoms with Gasteiger partial charge in [0.05, 0.1) is 5.69 Å². The van der Waals surface area contributed by atoms with E-state index in [1.165, 1.54) is 11.3 Å². The lowest BCUT2D eigenvalue weighted by molar-refractivity contribution is 0.0785. The topological polar surface area (TPSA) is 55.6 Å². The fourth-order valence-corrected chi connectivity index (χ4v) is 2.03. The van der Waals surface area contributed by atoms with Crippen LogP contribution in [-0.2, 0) is 4.74 Å². The maximum atomic E-state index is 11.8. The van der Waals surface area contributed by atoms with Gasteiger partial charge in [-0.25, -0.2) is 0 Å². The number of anilines is 1. The van der Waals surface area contributed by atoms with Crippen LogP contribution < -0.4 is 5.73 Å².